The van der Waals surface area contributed by atoms with Crippen molar-refractivity contribution in [3.63, 3.8) is 0 Å². The van der Waals surface area contributed by atoms with Crippen molar-refractivity contribution in [3.05, 3.63) is 68.2 Å². The zero-order valence-corrected chi connectivity index (χ0v) is 19.4. The fourth-order valence-electron chi connectivity index (χ4n) is 3.39. The van der Waals surface area contributed by atoms with Gasteiger partial charge in [-0.2, -0.15) is 13.2 Å². The Morgan fingerprint density at radius 2 is 1.86 bits per heavy atom. The highest BCUT2D eigenvalue weighted by Gasteiger charge is 2.49. The topological polar surface area (TPSA) is 106 Å². The van der Waals surface area contributed by atoms with Gasteiger partial charge in [-0.05, 0) is 25.3 Å². The SMILES string of the molecule is C=CCOC(=O)COC(=O)C1(Oc2cc(-n3c(=O)cc(C(F)(F)F)n(C)c3=O)c(F)cc2Cl)CCC1. The molecule has 1 aromatic heterocycles. The highest BCUT2D eigenvalue weighted by Crippen LogP contribution is 2.41. The molecular weight excluding hydrogens is 516 g/mol. The number of ether oxygens (including phenoxy) is 3. The van der Waals surface area contributed by atoms with Crippen LogP contribution in [-0.2, 0) is 32.3 Å². The summed E-state index contributed by atoms with van der Waals surface area (Å²) < 4.78 is 69.8. The molecule has 2 aromatic rings. The van der Waals surface area contributed by atoms with Crippen molar-refractivity contribution in [2.75, 3.05) is 13.2 Å². The van der Waals surface area contributed by atoms with Gasteiger partial charge < -0.3 is 14.2 Å². The van der Waals surface area contributed by atoms with Gasteiger partial charge in [0.2, 0.25) is 5.60 Å². The summed E-state index contributed by atoms with van der Waals surface area (Å²) in [5, 5.41) is -0.350. The summed E-state index contributed by atoms with van der Waals surface area (Å²) >= 11 is 6.04. The van der Waals surface area contributed by atoms with E-state index in [0.29, 0.717) is 12.5 Å². The van der Waals surface area contributed by atoms with Crippen molar-refractivity contribution in [2.24, 2.45) is 7.05 Å². The second-order valence-corrected chi connectivity index (χ2v) is 8.18. The molecule has 0 saturated heterocycles. The van der Waals surface area contributed by atoms with E-state index in [1.807, 2.05) is 0 Å². The summed E-state index contributed by atoms with van der Waals surface area (Å²) in [5.74, 6) is -3.32. The number of aromatic nitrogens is 2. The van der Waals surface area contributed by atoms with Crippen LogP contribution in [0.2, 0.25) is 5.02 Å². The fraction of sp³-hybridized carbons (Fsp3) is 0.364. The number of benzene rings is 1. The smallest absolute Gasteiger partial charge is 0.431 e. The van der Waals surface area contributed by atoms with Crippen LogP contribution < -0.4 is 16.0 Å². The van der Waals surface area contributed by atoms with Crippen LogP contribution in [0.3, 0.4) is 0 Å². The van der Waals surface area contributed by atoms with E-state index in [9.17, 15) is 36.7 Å². The quantitative estimate of drug-likeness (QED) is 0.291. The normalized spacial score (nSPS) is 14.5. The summed E-state index contributed by atoms with van der Waals surface area (Å²) in [6, 6.07) is 1.64. The molecule has 1 saturated carbocycles. The predicted octanol–water partition coefficient (Wildman–Crippen LogP) is 2.92. The maximum absolute atomic E-state index is 14.7. The van der Waals surface area contributed by atoms with Crippen LogP contribution in [0.15, 0.2) is 40.4 Å². The summed E-state index contributed by atoms with van der Waals surface area (Å²) in [5.41, 5.74) is -6.80. The van der Waals surface area contributed by atoms with Gasteiger partial charge in [0.25, 0.3) is 5.56 Å². The molecule has 1 aromatic carbocycles. The third-order valence-electron chi connectivity index (χ3n) is 5.37. The van der Waals surface area contributed by atoms with Crippen molar-refractivity contribution in [1.29, 1.82) is 0 Å². The molecule has 0 aliphatic heterocycles. The Hall–Kier alpha value is -3.61. The minimum Gasteiger partial charge on any atom is -0.474 e. The molecule has 3 rings (SSSR count). The van der Waals surface area contributed by atoms with E-state index in [0.717, 1.165) is 13.1 Å². The number of hydrogen-bond donors (Lipinski definition) is 0. The molecule has 36 heavy (non-hydrogen) atoms. The number of nitrogens with zero attached hydrogens (tertiary/aromatic N) is 2. The molecule has 1 fully saturated rings. The molecule has 9 nitrogen and oxygen atoms in total. The van der Waals surface area contributed by atoms with Crippen molar-refractivity contribution < 1.29 is 41.4 Å². The average Bonchev–Trinajstić information content (AvgIpc) is 2.77. The molecule has 14 heteroatoms. The molecule has 0 unspecified atom stereocenters. The Bertz CT molecular complexity index is 1330. The monoisotopic (exact) mass is 534 g/mol. The number of esters is 2. The van der Waals surface area contributed by atoms with Gasteiger partial charge >= 0.3 is 23.8 Å². The Morgan fingerprint density at radius 1 is 1.19 bits per heavy atom. The Kier molecular flexibility index (Phi) is 7.62. The largest absolute Gasteiger partial charge is 0.474 e. The van der Waals surface area contributed by atoms with E-state index < -0.39 is 58.8 Å². The van der Waals surface area contributed by atoms with Gasteiger partial charge in [0.1, 0.15) is 23.9 Å². The van der Waals surface area contributed by atoms with Crippen LogP contribution in [-0.4, -0.2) is 39.9 Å². The summed E-state index contributed by atoms with van der Waals surface area (Å²) in [7, 11) is 0.770. The van der Waals surface area contributed by atoms with E-state index in [-0.39, 0.29) is 45.4 Å². The number of halogens is 5. The highest BCUT2D eigenvalue weighted by molar-refractivity contribution is 6.32. The first-order valence-electron chi connectivity index (χ1n) is 10.3. The molecule has 0 N–H and O–H groups in total. The Labute approximate surface area is 205 Å². The van der Waals surface area contributed by atoms with Gasteiger partial charge in [-0.3, -0.25) is 9.36 Å². The van der Waals surface area contributed by atoms with Crippen LogP contribution in [0, 0.1) is 5.82 Å². The van der Waals surface area contributed by atoms with E-state index in [2.05, 4.69) is 6.58 Å². The average molecular weight is 535 g/mol. The predicted molar refractivity (Wildman–Crippen MR) is 117 cm³/mol. The van der Waals surface area contributed by atoms with Crippen LogP contribution in [0.1, 0.15) is 25.0 Å². The van der Waals surface area contributed by atoms with Gasteiger partial charge in [-0.15, -0.1) is 0 Å². The number of rotatable bonds is 8. The standard InChI is InChI=1S/C22H19ClF4N2O7/c1-3-7-34-18(31)11-35-19(32)21(5-4-6-21)36-15-9-14(13(24)8-12(15)23)29-17(30)10-16(22(25,26)27)28(2)20(29)33/h3,8-10H,1,4-7,11H2,2H3. The number of carbonyl (C=O) groups excluding carboxylic acids is 2. The lowest BCUT2D eigenvalue weighted by molar-refractivity contribution is -0.176. The van der Waals surface area contributed by atoms with Crippen molar-refractivity contribution >= 4 is 23.5 Å². The minimum absolute atomic E-state index is 0.0885. The zero-order valence-electron chi connectivity index (χ0n) is 18.7. The van der Waals surface area contributed by atoms with Crippen LogP contribution >= 0.6 is 11.6 Å². The molecular formula is C22H19ClF4N2O7. The Balaban J connectivity index is 1.96. The molecule has 194 valence electrons. The lowest BCUT2D eigenvalue weighted by Gasteiger charge is -2.39. The zero-order chi connectivity index (χ0) is 26.8. The van der Waals surface area contributed by atoms with E-state index in [4.69, 9.17) is 25.8 Å². The summed E-state index contributed by atoms with van der Waals surface area (Å²) in [6.07, 6.45) is -2.88. The van der Waals surface area contributed by atoms with Gasteiger partial charge in [-0.25, -0.2) is 23.3 Å². The van der Waals surface area contributed by atoms with Crippen molar-refractivity contribution in [3.8, 4) is 11.4 Å². The lowest BCUT2D eigenvalue weighted by Crippen LogP contribution is -2.52. The third-order valence-corrected chi connectivity index (χ3v) is 5.67. The molecule has 0 spiro atoms. The number of hydrogen-bond acceptors (Lipinski definition) is 7. The highest BCUT2D eigenvalue weighted by atomic mass is 35.5. The van der Waals surface area contributed by atoms with Gasteiger partial charge in [0.15, 0.2) is 6.61 Å². The van der Waals surface area contributed by atoms with Gasteiger partial charge in [0.05, 0.1) is 10.7 Å². The first kappa shape index (κ1) is 27.0. The molecule has 1 heterocycles. The fourth-order valence-corrected chi connectivity index (χ4v) is 3.58. The summed E-state index contributed by atoms with van der Waals surface area (Å²) in [4.78, 5) is 49.2. The van der Waals surface area contributed by atoms with E-state index >= 15 is 0 Å². The Morgan fingerprint density at radius 3 is 2.42 bits per heavy atom. The molecule has 0 radical (unpaired) electrons. The first-order valence-corrected chi connectivity index (χ1v) is 10.7. The minimum atomic E-state index is -5.01. The van der Waals surface area contributed by atoms with E-state index in [1.54, 1.807) is 0 Å². The molecule has 1 aliphatic rings. The first-order chi connectivity index (χ1) is 16.8. The van der Waals surface area contributed by atoms with E-state index in [1.165, 1.54) is 6.08 Å². The molecule has 1 aliphatic carbocycles. The molecule has 0 atom stereocenters. The maximum Gasteiger partial charge on any atom is 0.431 e. The number of carbonyl (C=O) groups is 2. The second kappa shape index (κ2) is 10.2. The van der Waals surface area contributed by atoms with Crippen molar-refractivity contribution in [1.82, 2.24) is 9.13 Å². The van der Waals surface area contributed by atoms with Crippen LogP contribution in [0.25, 0.3) is 5.69 Å². The third kappa shape index (κ3) is 5.30. The van der Waals surface area contributed by atoms with Crippen LogP contribution in [0.5, 0.6) is 5.75 Å². The maximum atomic E-state index is 14.7. The van der Waals surface area contributed by atoms with Gasteiger partial charge in [-0.1, -0.05) is 24.3 Å². The van der Waals surface area contributed by atoms with Gasteiger partial charge in [0, 0.05) is 19.2 Å². The summed E-state index contributed by atoms with van der Waals surface area (Å²) in [6.45, 7) is 2.57. The van der Waals surface area contributed by atoms with Crippen LogP contribution in [0.4, 0.5) is 17.6 Å². The lowest BCUT2D eigenvalue weighted by atomic mass is 9.80. The number of alkyl halides is 3. The second-order valence-electron chi connectivity index (χ2n) is 7.77. The molecule has 0 amide bonds. The van der Waals surface area contributed by atoms with Crippen molar-refractivity contribution in [2.45, 2.75) is 31.0 Å². The molecule has 0 bridgehead atoms.